The zero-order chi connectivity index (χ0) is 10.4. The summed E-state index contributed by atoms with van der Waals surface area (Å²) in [7, 11) is 1.70. The highest BCUT2D eigenvalue weighted by Crippen LogP contribution is 2.25. The average molecular weight is 257 g/mol. The number of benzene rings is 1. The van der Waals surface area contributed by atoms with E-state index >= 15 is 0 Å². The molecule has 1 aromatic rings. The van der Waals surface area contributed by atoms with Gasteiger partial charge in [-0.25, -0.2) is 0 Å². The second kappa shape index (κ2) is 6.07. The lowest BCUT2D eigenvalue weighted by Gasteiger charge is -2.13. The summed E-state index contributed by atoms with van der Waals surface area (Å²) >= 11 is 3.56. The molecule has 0 aliphatic carbocycles. The van der Waals surface area contributed by atoms with Gasteiger partial charge in [0, 0.05) is 5.33 Å². The van der Waals surface area contributed by atoms with E-state index in [0.717, 1.165) is 11.1 Å². The minimum absolute atomic E-state index is 0.630. The van der Waals surface area contributed by atoms with Crippen molar-refractivity contribution in [3.63, 3.8) is 0 Å². The van der Waals surface area contributed by atoms with E-state index in [1.807, 2.05) is 12.1 Å². The van der Waals surface area contributed by atoms with Gasteiger partial charge in [0.2, 0.25) is 0 Å². The Balaban J connectivity index is 2.73. The Morgan fingerprint density at radius 2 is 1.93 bits per heavy atom. The number of hydrogen-bond acceptors (Lipinski definition) is 1. The van der Waals surface area contributed by atoms with E-state index in [9.17, 15) is 0 Å². The highest BCUT2D eigenvalue weighted by Gasteiger charge is 2.08. The molecule has 0 N–H and O–H groups in total. The maximum Gasteiger partial charge on any atom is 0.118 e. The molecule has 0 spiro atoms. The van der Waals surface area contributed by atoms with Crippen LogP contribution in [0, 0.1) is 0 Å². The lowest BCUT2D eigenvalue weighted by Crippen LogP contribution is -1.99. The van der Waals surface area contributed by atoms with Gasteiger partial charge in [0.25, 0.3) is 0 Å². The van der Waals surface area contributed by atoms with Gasteiger partial charge in [-0.05, 0) is 30.0 Å². The number of ether oxygens (including phenoxy) is 1. The van der Waals surface area contributed by atoms with Crippen LogP contribution < -0.4 is 4.74 Å². The smallest absolute Gasteiger partial charge is 0.118 e. The molecule has 0 bridgehead atoms. The molecule has 1 unspecified atom stereocenters. The molecule has 1 nitrogen and oxygen atoms in total. The van der Waals surface area contributed by atoms with E-state index in [-0.39, 0.29) is 0 Å². The highest BCUT2D eigenvalue weighted by molar-refractivity contribution is 9.09. The van der Waals surface area contributed by atoms with Gasteiger partial charge in [-0.15, -0.1) is 0 Å². The Labute approximate surface area is 94.6 Å². The summed E-state index contributed by atoms with van der Waals surface area (Å²) in [4.78, 5) is 0. The normalized spacial score (nSPS) is 12.5. The SMILES string of the molecule is CCCC(CBr)c1ccc(OC)cc1. The molecular formula is C12H17BrO. The molecule has 78 valence electrons. The van der Waals surface area contributed by atoms with Crippen molar-refractivity contribution < 1.29 is 4.74 Å². The minimum atomic E-state index is 0.630. The molecule has 0 saturated carbocycles. The number of methoxy groups -OCH3 is 1. The van der Waals surface area contributed by atoms with Crippen molar-refractivity contribution in [2.24, 2.45) is 0 Å². The Kier molecular flexibility index (Phi) is 5.02. The first-order chi connectivity index (χ1) is 6.81. The average Bonchev–Trinajstić information content (AvgIpc) is 2.26. The van der Waals surface area contributed by atoms with Crippen molar-refractivity contribution >= 4 is 15.9 Å². The number of hydrogen-bond donors (Lipinski definition) is 0. The monoisotopic (exact) mass is 256 g/mol. The lowest BCUT2D eigenvalue weighted by molar-refractivity contribution is 0.414. The van der Waals surface area contributed by atoms with Gasteiger partial charge in [-0.1, -0.05) is 41.4 Å². The van der Waals surface area contributed by atoms with Crippen LogP contribution in [0.15, 0.2) is 24.3 Å². The van der Waals surface area contributed by atoms with Crippen molar-refractivity contribution in [1.29, 1.82) is 0 Å². The van der Waals surface area contributed by atoms with Crippen LogP contribution in [0.4, 0.5) is 0 Å². The van der Waals surface area contributed by atoms with Gasteiger partial charge < -0.3 is 4.74 Å². The van der Waals surface area contributed by atoms with E-state index in [0.29, 0.717) is 5.92 Å². The van der Waals surface area contributed by atoms with E-state index in [1.165, 1.54) is 18.4 Å². The molecule has 0 saturated heterocycles. The first-order valence-electron chi connectivity index (χ1n) is 5.01. The Bertz CT molecular complexity index is 256. The van der Waals surface area contributed by atoms with Gasteiger partial charge in [0.05, 0.1) is 7.11 Å². The Hall–Kier alpha value is -0.500. The van der Waals surface area contributed by atoms with E-state index in [2.05, 4.69) is 35.0 Å². The fraction of sp³-hybridized carbons (Fsp3) is 0.500. The largest absolute Gasteiger partial charge is 0.497 e. The first kappa shape index (κ1) is 11.6. The van der Waals surface area contributed by atoms with Gasteiger partial charge >= 0.3 is 0 Å². The molecule has 1 rings (SSSR count). The number of alkyl halides is 1. The topological polar surface area (TPSA) is 9.23 Å². The molecule has 0 fully saturated rings. The summed E-state index contributed by atoms with van der Waals surface area (Å²) in [6.45, 7) is 2.22. The Morgan fingerprint density at radius 1 is 1.29 bits per heavy atom. The zero-order valence-electron chi connectivity index (χ0n) is 8.79. The van der Waals surface area contributed by atoms with E-state index in [1.54, 1.807) is 7.11 Å². The van der Waals surface area contributed by atoms with Gasteiger partial charge in [-0.2, -0.15) is 0 Å². The van der Waals surface area contributed by atoms with Crippen LogP contribution in [0.1, 0.15) is 31.2 Å². The van der Waals surface area contributed by atoms with Crippen LogP contribution in [-0.2, 0) is 0 Å². The Morgan fingerprint density at radius 3 is 2.36 bits per heavy atom. The first-order valence-corrected chi connectivity index (χ1v) is 6.13. The van der Waals surface area contributed by atoms with Gasteiger partial charge in [0.1, 0.15) is 5.75 Å². The van der Waals surface area contributed by atoms with Crippen LogP contribution in [0.2, 0.25) is 0 Å². The minimum Gasteiger partial charge on any atom is -0.497 e. The molecule has 1 atom stereocenters. The van der Waals surface area contributed by atoms with Gasteiger partial charge in [0.15, 0.2) is 0 Å². The summed E-state index contributed by atoms with van der Waals surface area (Å²) in [6.07, 6.45) is 2.46. The predicted octanol–water partition coefficient (Wildman–Crippen LogP) is 3.97. The maximum atomic E-state index is 5.13. The molecule has 2 heteroatoms. The molecule has 0 aliphatic rings. The summed E-state index contributed by atoms with van der Waals surface area (Å²) < 4.78 is 5.13. The molecule has 14 heavy (non-hydrogen) atoms. The zero-order valence-corrected chi connectivity index (χ0v) is 10.4. The van der Waals surface area contributed by atoms with Crippen molar-refractivity contribution in [2.45, 2.75) is 25.7 Å². The molecule has 0 amide bonds. The molecule has 0 heterocycles. The fourth-order valence-electron chi connectivity index (χ4n) is 1.56. The van der Waals surface area contributed by atoms with Crippen molar-refractivity contribution in [1.82, 2.24) is 0 Å². The number of rotatable bonds is 5. The quantitative estimate of drug-likeness (QED) is 0.725. The van der Waals surface area contributed by atoms with Crippen LogP contribution in [0.5, 0.6) is 5.75 Å². The molecular weight excluding hydrogens is 240 g/mol. The predicted molar refractivity (Wildman–Crippen MR) is 64.4 cm³/mol. The van der Waals surface area contributed by atoms with Crippen molar-refractivity contribution in [2.75, 3.05) is 12.4 Å². The molecule has 0 radical (unpaired) electrons. The molecule has 0 aliphatic heterocycles. The third-order valence-corrected chi connectivity index (χ3v) is 3.19. The lowest BCUT2D eigenvalue weighted by atomic mass is 9.97. The standard InChI is InChI=1S/C12H17BrO/c1-3-4-11(9-13)10-5-7-12(14-2)8-6-10/h5-8,11H,3-4,9H2,1-2H3. The van der Waals surface area contributed by atoms with Crippen LogP contribution in [0.3, 0.4) is 0 Å². The third-order valence-electron chi connectivity index (χ3n) is 2.41. The fourth-order valence-corrected chi connectivity index (χ4v) is 2.26. The summed E-state index contributed by atoms with van der Waals surface area (Å²) in [5.74, 6) is 1.56. The second-order valence-electron chi connectivity index (χ2n) is 3.41. The van der Waals surface area contributed by atoms with Crippen LogP contribution >= 0.6 is 15.9 Å². The van der Waals surface area contributed by atoms with Crippen LogP contribution in [0.25, 0.3) is 0 Å². The summed E-state index contributed by atoms with van der Waals surface area (Å²) in [5, 5.41) is 1.03. The van der Waals surface area contributed by atoms with Gasteiger partial charge in [-0.3, -0.25) is 0 Å². The van der Waals surface area contributed by atoms with Crippen LogP contribution in [-0.4, -0.2) is 12.4 Å². The highest BCUT2D eigenvalue weighted by atomic mass is 79.9. The third kappa shape index (κ3) is 3.02. The molecule has 1 aromatic carbocycles. The van der Waals surface area contributed by atoms with Crippen molar-refractivity contribution in [3.8, 4) is 5.75 Å². The van der Waals surface area contributed by atoms with E-state index < -0.39 is 0 Å². The molecule has 0 aromatic heterocycles. The summed E-state index contributed by atoms with van der Waals surface area (Å²) in [6, 6.07) is 8.36. The van der Waals surface area contributed by atoms with Crippen molar-refractivity contribution in [3.05, 3.63) is 29.8 Å². The second-order valence-corrected chi connectivity index (χ2v) is 4.06. The maximum absolute atomic E-state index is 5.13. The number of halogens is 1. The van der Waals surface area contributed by atoms with E-state index in [4.69, 9.17) is 4.74 Å². The summed E-state index contributed by atoms with van der Waals surface area (Å²) in [5.41, 5.74) is 1.39.